The van der Waals surface area contributed by atoms with Crippen LogP contribution in [0, 0.1) is 0 Å². The number of methoxy groups -OCH3 is 2. The van der Waals surface area contributed by atoms with E-state index >= 15 is 0 Å². The van der Waals surface area contributed by atoms with Crippen molar-refractivity contribution in [2.24, 2.45) is 0 Å². The SMILES string of the molecule is COC(=O)C1=C(C)N(CCCc2ccccc2)C(C)=C(C(=O)OC)C1c1cccc(Cl)c1. The number of aryl methyl sites for hydroxylation is 1. The summed E-state index contributed by atoms with van der Waals surface area (Å²) in [7, 11) is 2.70. The maximum Gasteiger partial charge on any atom is 0.336 e. The Morgan fingerprint density at radius 2 is 1.50 bits per heavy atom. The number of ether oxygens (including phenoxy) is 2. The third-order valence-electron chi connectivity index (χ3n) is 5.85. The molecular formula is C26H28ClNO4. The normalized spacial score (nSPS) is 14.6. The van der Waals surface area contributed by atoms with Crippen LogP contribution >= 0.6 is 11.6 Å². The van der Waals surface area contributed by atoms with E-state index in [0.717, 1.165) is 29.8 Å². The molecule has 2 aromatic rings. The lowest BCUT2D eigenvalue weighted by Gasteiger charge is -2.38. The Bertz CT molecular complexity index is 1020. The van der Waals surface area contributed by atoms with Gasteiger partial charge in [-0.3, -0.25) is 0 Å². The zero-order valence-corrected chi connectivity index (χ0v) is 19.6. The largest absolute Gasteiger partial charge is 0.466 e. The van der Waals surface area contributed by atoms with E-state index in [1.807, 2.05) is 43.0 Å². The lowest BCUT2D eigenvalue weighted by Crippen LogP contribution is -2.35. The number of carbonyl (C=O) groups is 2. The zero-order chi connectivity index (χ0) is 23.3. The van der Waals surface area contributed by atoms with E-state index in [4.69, 9.17) is 21.1 Å². The number of esters is 2. The number of nitrogens with zero attached hydrogens (tertiary/aromatic N) is 1. The minimum atomic E-state index is -0.626. The molecule has 0 fully saturated rings. The fraction of sp³-hybridized carbons (Fsp3) is 0.308. The average Bonchev–Trinajstić information content (AvgIpc) is 2.80. The van der Waals surface area contributed by atoms with Gasteiger partial charge in [0.25, 0.3) is 0 Å². The topological polar surface area (TPSA) is 55.8 Å². The minimum absolute atomic E-state index is 0.417. The first kappa shape index (κ1) is 23.6. The lowest BCUT2D eigenvalue weighted by molar-refractivity contribution is -0.137. The monoisotopic (exact) mass is 453 g/mol. The first-order valence-corrected chi connectivity index (χ1v) is 10.9. The van der Waals surface area contributed by atoms with Crippen LogP contribution in [0.5, 0.6) is 0 Å². The molecule has 0 radical (unpaired) electrons. The molecule has 0 amide bonds. The Morgan fingerprint density at radius 3 is 2.03 bits per heavy atom. The number of halogens is 1. The molecule has 32 heavy (non-hydrogen) atoms. The summed E-state index contributed by atoms with van der Waals surface area (Å²) in [5, 5.41) is 0.525. The first-order valence-electron chi connectivity index (χ1n) is 10.5. The molecule has 5 nitrogen and oxygen atoms in total. The lowest BCUT2D eigenvalue weighted by atomic mass is 9.79. The van der Waals surface area contributed by atoms with Crippen LogP contribution in [-0.2, 0) is 25.5 Å². The predicted octanol–water partition coefficient (Wildman–Crippen LogP) is 5.27. The Hall–Kier alpha value is -3.05. The van der Waals surface area contributed by atoms with Gasteiger partial charge in [0.05, 0.1) is 31.3 Å². The maximum atomic E-state index is 12.9. The van der Waals surface area contributed by atoms with Crippen LogP contribution in [0.2, 0.25) is 5.02 Å². The van der Waals surface area contributed by atoms with Gasteiger partial charge in [0, 0.05) is 23.0 Å². The highest BCUT2D eigenvalue weighted by molar-refractivity contribution is 6.30. The summed E-state index contributed by atoms with van der Waals surface area (Å²) in [5.41, 5.74) is 4.34. The predicted molar refractivity (Wildman–Crippen MR) is 125 cm³/mol. The van der Waals surface area contributed by atoms with Gasteiger partial charge in [0.15, 0.2) is 0 Å². The van der Waals surface area contributed by atoms with E-state index < -0.39 is 17.9 Å². The van der Waals surface area contributed by atoms with Gasteiger partial charge >= 0.3 is 11.9 Å². The van der Waals surface area contributed by atoms with Crippen molar-refractivity contribution in [3.8, 4) is 0 Å². The van der Waals surface area contributed by atoms with E-state index in [9.17, 15) is 9.59 Å². The van der Waals surface area contributed by atoms with E-state index in [1.54, 1.807) is 18.2 Å². The molecule has 1 heterocycles. The van der Waals surface area contributed by atoms with Crippen LogP contribution in [-0.4, -0.2) is 37.6 Å². The Morgan fingerprint density at radius 1 is 0.906 bits per heavy atom. The molecule has 0 atom stereocenters. The van der Waals surface area contributed by atoms with Crippen molar-refractivity contribution < 1.29 is 19.1 Å². The molecule has 0 aromatic heterocycles. The van der Waals surface area contributed by atoms with E-state index in [2.05, 4.69) is 12.1 Å². The summed E-state index contributed by atoms with van der Waals surface area (Å²) < 4.78 is 10.3. The fourth-order valence-corrected chi connectivity index (χ4v) is 4.50. The van der Waals surface area contributed by atoms with Gasteiger partial charge in [-0.1, -0.05) is 54.1 Å². The van der Waals surface area contributed by atoms with Gasteiger partial charge in [-0.2, -0.15) is 0 Å². The van der Waals surface area contributed by atoms with Crippen LogP contribution in [0.15, 0.2) is 77.1 Å². The molecule has 0 N–H and O–H groups in total. The Labute approximate surface area is 194 Å². The Kier molecular flexibility index (Phi) is 7.75. The number of rotatable bonds is 7. The highest BCUT2D eigenvalue weighted by Crippen LogP contribution is 2.43. The molecule has 0 saturated carbocycles. The summed E-state index contributed by atoms with van der Waals surface area (Å²) in [5.74, 6) is -1.58. The second kappa shape index (κ2) is 10.5. The Balaban J connectivity index is 2.05. The van der Waals surface area contributed by atoms with Gasteiger partial charge in [-0.05, 0) is 49.9 Å². The molecule has 6 heteroatoms. The molecule has 0 bridgehead atoms. The third-order valence-corrected chi connectivity index (χ3v) is 6.08. The van der Waals surface area contributed by atoms with Crippen molar-refractivity contribution in [3.63, 3.8) is 0 Å². The summed E-state index contributed by atoms with van der Waals surface area (Å²) in [6.07, 6.45) is 1.74. The van der Waals surface area contributed by atoms with E-state index in [-0.39, 0.29) is 0 Å². The number of carbonyl (C=O) groups excluding carboxylic acids is 2. The van der Waals surface area contributed by atoms with Crippen molar-refractivity contribution >= 4 is 23.5 Å². The molecule has 0 saturated heterocycles. The first-order chi connectivity index (χ1) is 15.4. The highest BCUT2D eigenvalue weighted by Gasteiger charge is 2.40. The number of allylic oxidation sites excluding steroid dienone is 2. The second-order valence-electron chi connectivity index (χ2n) is 7.71. The molecule has 3 rings (SSSR count). The number of hydrogen-bond donors (Lipinski definition) is 0. The van der Waals surface area contributed by atoms with Crippen LogP contribution in [0.3, 0.4) is 0 Å². The van der Waals surface area contributed by atoms with Gasteiger partial charge in [-0.25, -0.2) is 9.59 Å². The van der Waals surface area contributed by atoms with Crippen molar-refractivity contribution in [2.45, 2.75) is 32.6 Å². The van der Waals surface area contributed by atoms with Gasteiger partial charge in [0.2, 0.25) is 0 Å². The molecule has 2 aromatic carbocycles. The second-order valence-corrected chi connectivity index (χ2v) is 8.15. The minimum Gasteiger partial charge on any atom is -0.466 e. The maximum absolute atomic E-state index is 12.9. The van der Waals surface area contributed by atoms with E-state index in [1.165, 1.54) is 19.8 Å². The third kappa shape index (κ3) is 4.89. The molecule has 0 spiro atoms. The molecule has 1 aliphatic heterocycles. The van der Waals surface area contributed by atoms with Crippen LogP contribution in [0.25, 0.3) is 0 Å². The number of hydrogen-bond acceptors (Lipinski definition) is 5. The van der Waals surface area contributed by atoms with Crippen LogP contribution in [0.1, 0.15) is 37.3 Å². The summed E-state index contributed by atoms with van der Waals surface area (Å²) >= 11 is 6.24. The molecule has 1 aliphatic rings. The van der Waals surface area contributed by atoms with Crippen molar-refractivity contribution in [1.29, 1.82) is 0 Å². The summed E-state index contributed by atoms with van der Waals surface area (Å²) in [6.45, 7) is 4.43. The molecule has 168 valence electrons. The molecule has 0 aliphatic carbocycles. The van der Waals surface area contributed by atoms with Crippen molar-refractivity contribution in [3.05, 3.63) is 93.3 Å². The van der Waals surface area contributed by atoms with Gasteiger partial charge < -0.3 is 14.4 Å². The van der Waals surface area contributed by atoms with Gasteiger partial charge in [-0.15, -0.1) is 0 Å². The zero-order valence-electron chi connectivity index (χ0n) is 18.9. The quantitative estimate of drug-likeness (QED) is 0.535. The molecular weight excluding hydrogens is 426 g/mol. The fourth-order valence-electron chi connectivity index (χ4n) is 4.30. The van der Waals surface area contributed by atoms with Gasteiger partial charge in [0.1, 0.15) is 0 Å². The highest BCUT2D eigenvalue weighted by atomic mass is 35.5. The number of benzene rings is 2. The van der Waals surface area contributed by atoms with Crippen LogP contribution in [0.4, 0.5) is 0 Å². The van der Waals surface area contributed by atoms with E-state index in [0.29, 0.717) is 22.7 Å². The smallest absolute Gasteiger partial charge is 0.336 e. The standard InChI is InChI=1S/C26H28ClNO4/c1-17-22(25(29)31-3)24(20-13-8-14-21(27)16-20)23(26(30)32-4)18(2)28(17)15-9-12-19-10-6-5-7-11-19/h5-8,10-11,13-14,16,24H,9,12,15H2,1-4H3. The molecule has 0 unspecified atom stereocenters. The van der Waals surface area contributed by atoms with Crippen molar-refractivity contribution in [1.82, 2.24) is 4.90 Å². The van der Waals surface area contributed by atoms with Crippen molar-refractivity contribution in [2.75, 3.05) is 20.8 Å². The average molecular weight is 454 g/mol. The summed E-state index contributed by atoms with van der Waals surface area (Å²) in [6, 6.07) is 17.4. The summed E-state index contributed by atoms with van der Waals surface area (Å²) in [4.78, 5) is 27.9. The van der Waals surface area contributed by atoms with Crippen LogP contribution < -0.4 is 0 Å².